The molecular formula is C11H9NO4. The van der Waals surface area contributed by atoms with Gasteiger partial charge in [-0.05, 0) is 17.5 Å². The number of hydrogen-bond acceptors (Lipinski definition) is 4. The molecule has 0 atom stereocenters. The second-order valence-corrected chi connectivity index (χ2v) is 3.39. The molecule has 2 aromatic rings. The Hall–Kier alpha value is -2.14. The number of nitro groups is 1. The summed E-state index contributed by atoms with van der Waals surface area (Å²) < 4.78 is 0. The predicted molar refractivity (Wildman–Crippen MR) is 58.2 cm³/mol. The molecule has 0 saturated heterocycles. The van der Waals surface area contributed by atoms with E-state index in [0.717, 1.165) is 0 Å². The van der Waals surface area contributed by atoms with Gasteiger partial charge in [-0.2, -0.15) is 0 Å². The molecule has 0 aliphatic heterocycles. The summed E-state index contributed by atoms with van der Waals surface area (Å²) in [4.78, 5) is 10.3. The summed E-state index contributed by atoms with van der Waals surface area (Å²) in [6.07, 6.45) is 0. The zero-order valence-electron chi connectivity index (χ0n) is 8.25. The van der Waals surface area contributed by atoms with E-state index in [2.05, 4.69) is 0 Å². The second-order valence-electron chi connectivity index (χ2n) is 3.39. The molecule has 0 bridgehead atoms. The average Bonchev–Trinajstić information content (AvgIpc) is 2.27. The van der Waals surface area contributed by atoms with Crippen molar-refractivity contribution < 1.29 is 15.1 Å². The quantitative estimate of drug-likeness (QED) is 0.597. The molecule has 2 aromatic carbocycles. The van der Waals surface area contributed by atoms with Gasteiger partial charge in [-0.25, -0.2) is 0 Å². The Balaban J connectivity index is 2.79. The van der Waals surface area contributed by atoms with E-state index in [9.17, 15) is 15.2 Å². The third kappa shape index (κ3) is 1.57. The number of aromatic hydroxyl groups is 1. The van der Waals surface area contributed by atoms with Gasteiger partial charge in [0.15, 0.2) is 0 Å². The lowest BCUT2D eigenvalue weighted by molar-refractivity contribution is -0.383. The molecule has 2 N–H and O–H groups in total. The Morgan fingerprint density at radius 1 is 1.31 bits per heavy atom. The normalized spacial score (nSPS) is 10.6. The van der Waals surface area contributed by atoms with Crippen molar-refractivity contribution in [3.63, 3.8) is 0 Å². The SMILES string of the molecule is O=[N+]([O-])c1cccc2cc(CO)c(O)cc12. The molecule has 82 valence electrons. The number of aliphatic hydroxyl groups excluding tert-OH is 1. The maximum absolute atomic E-state index is 10.8. The first-order valence-electron chi connectivity index (χ1n) is 4.63. The zero-order chi connectivity index (χ0) is 11.7. The summed E-state index contributed by atoms with van der Waals surface area (Å²) in [5, 5.41) is 30.2. The summed E-state index contributed by atoms with van der Waals surface area (Å²) in [5.41, 5.74) is 0.297. The van der Waals surface area contributed by atoms with Gasteiger partial charge in [0.25, 0.3) is 5.69 Å². The molecule has 0 unspecified atom stereocenters. The van der Waals surface area contributed by atoms with Crippen LogP contribution in [0.15, 0.2) is 30.3 Å². The number of hydrogen-bond donors (Lipinski definition) is 2. The first-order valence-corrected chi connectivity index (χ1v) is 4.63. The maximum Gasteiger partial charge on any atom is 0.277 e. The zero-order valence-corrected chi connectivity index (χ0v) is 8.25. The smallest absolute Gasteiger partial charge is 0.277 e. The van der Waals surface area contributed by atoms with Crippen molar-refractivity contribution in [2.45, 2.75) is 6.61 Å². The summed E-state index contributed by atoms with van der Waals surface area (Å²) >= 11 is 0. The van der Waals surface area contributed by atoms with Crippen molar-refractivity contribution in [3.8, 4) is 5.75 Å². The molecule has 0 aliphatic rings. The highest BCUT2D eigenvalue weighted by molar-refractivity contribution is 5.92. The van der Waals surface area contributed by atoms with Crippen LogP contribution in [0.4, 0.5) is 5.69 Å². The van der Waals surface area contributed by atoms with E-state index in [1.165, 1.54) is 18.2 Å². The van der Waals surface area contributed by atoms with Crippen molar-refractivity contribution in [2.24, 2.45) is 0 Å². The number of non-ortho nitro benzene ring substituents is 1. The number of phenols is 1. The minimum atomic E-state index is -0.500. The lowest BCUT2D eigenvalue weighted by Crippen LogP contribution is -1.91. The van der Waals surface area contributed by atoms with Crippen LogP contribution >= 0.6 is 0 Å². The fraction of sp³-hybridized carbons (Fsp3) is 0.0909. The van der Waals surface area contributed by atoms with Crippen LogP contribution in [0, 0.1) is 10.1 Å². The topological polar surface area (TPSA) is 83.6 Å². The summed E-state index contributed by atoms with van der Waals surface area (Å²) in [7, 11) is 0. The third-order valence-electron chi connectivity index (χ3n) is 2.42. The number of fused-ring (bicyclic) bond motifs is 1. The van der Waals surface area contributed by atoms with E-state index in [1.54, 1.807) is 12.1 Å². The monoisotopic (exact) mass is 219 g/mol. The molecular weight excluding hydrogens is 210 g/mol. The molecule has 16 heavy (non-hydrogen) atoms. The molecule has 0 aliphatic carbocycles. The Labute approximate surface area is 90.7 Å². The number of rotatable bonds is 2. The van der Waals surface area contributed by atoms with Crippen molar-refractivity contribution in [2.75, 3.05) is 0 Å². The molecule has 0 amide bonds. The highest BCUT2D eigenvalue weighted by Crippen LogP contribution is 2.31. The molecule has 0 saturated carbocycles. The number of aliphatic hydroxyl groups is 1. The van der Waals surface area contributed by atoms with Crippen LogP contribution in [0.25, 0.3) is 10.8 Å². The predicted octanol–water partition coefficient (Wildman–Crippen LogP) is 1.95. The summed E-state index contributed by atoms with van der Waals surface area (Å²) in [6.45, 7) is -0.301. The van der Waals surface area contributed by atoms with Crippen LogP contribution in [0.3, 0.4) is 0 Å². The third-order valence-corrected chi connectivity index (χ3v) is 2.42. The van der Waals surface area contributed by atoms with Crippen LogP contribution in [0.5, 0.6) is 5.75 Å². The van der Waals surface area contributed by atoms with Gasteiger partial charge in [0, 0.05) is 11.6 Å². The molecule has 0 aromatic heterocycles. The Bertz CT molecular complexity index is 565. The van der Waals surface area contributed by atoms with Gasteiger partial charge < -0.3 is 10.2 Å². The van der Waals surface area contributed by atoms with E-state index in [0.29, 0.717) is 16.3 Å². The van der Waals surface area contributed by atoms with Crippen LogP contribution < -0.4 is 0 Å². The second kappa shape index (κ2) is 3.79. The lowest BCUT2D eigenvalue weighted by Gasteiger charge is -2.04. The van der Waals surface area contributed by atoms with Gasteiger partial charge in [-0.1, -0.05) is 12.1 Å². The first kappa shape index (κ1) is 10.4. The standard InChI is InChI=1S/C11H9NO4/c13-6-8-4-7-2-1-3-10(12(15)16)9(7)5-11(8)14/h1-5,13-14H,6H2. The number of nitrogens with zero attached hydrogens (tertiary/aromatic N) is 1. The molecule has 0 fully saturated rings. The lowest BCUT2D eigenvalue weighted by atomic mass is 10.0. The minimum Gasteiger partial charge on any atom is -0.508 e. The molecule has 0 spiro atoms. The van der Waals surface area contributed by atoms with Crippen molar-refractivity contribution in [1.82, 2.24) is 0 Å². The molecule has 5 heteroatoms. The van der Waals surface area contributed by atoms with Gasteiger partial charge in [0.05, 0.1) is 16.9 Å². The van der Waals surface area contributed by atoms with E-state index >= 15 is 0 Å². The van der Waals surface area contributed by atoms with Gasteiger partial charge in [0.1, 0.15) is 5.75 Å². The maximum atomic E-state index is 10.8. The molecule has 5 nitrogen and oxygen atoms in total. The largest absolute Gasteiger partial charge is 0.508 e. The van der Waals surface area contributed by atoms with E-state index < -0.39 is 4.92 Å². The van der Waals surface area contributed by atoms with E-state index in [-0.39, 0.29) is 18.0 Å². The van der Waals surface area contributed by atoms with E-state index in [4.69, 9.17) is 5.11 Å². The highest BCUT2D eigenvalue weighted by Gasteiger charge is 2.13. The average molecular weight is 219 g/mol. The molecule has 2 rings (SSSR count). The summed E-state index contributed by atoms with van der Waals surface area (Å²) in [5.74, 6) is -0.135. The summed E-state index contributed by atoms with van der Waals surface area (Å²) in [6, 6.07) is 7.48. The molecule has 0 heterocycles. The van der Waals surface area contributed by atoms with Crippen LogP contribution in [0.2, 0.25) is 0 Å². The van der Waals surface area contributed by atoms with Gasteiger partial charge in [-0.3, -0.25) is 10.1 Å². The van der Waals surface area contributed by atoms with Gasteiger partial charge in [-0.15, -0.1) is 0 Å². The Morgan fingerprint density at radius 3 is 2.69 bits per heavy atom. The number of nitro benzene ring substituents is 1. The van der Waals surface area contributed by atoms with Crippen molar-refractivity contribution in [3.05, 3.63) is 46.0 Å². The van der Waals surface area contributed by atoms with Crippen LogP contribution in [-0.4, -0.2) is 15.1 Å². The Kier molecular flexibility index (Phi) is 2.46. The fourth-order valence-electron chi connectivity index (χ4n) is 1.63. The van der Waals surface area contributed by atoms with Crippen molar-refractivity contribution in [1.29, 1.82) is 0 Å². The number of benzene rings is 2. The van der Waals surface area contributed by atoms with Gasteiger partial charge >= 0.3 is 0 Å². The van der Waals surface area contributed by atoms with Crippen LogP contribution in [-0.2, 0) is 6.61 Å². The van der Waals surface area contributed by atoms with Crippen LogP contribution in [0.1, 0.15) is 5.56 Å². The minimum absolute atomic E-state index is 0.0581. The molecule has 0 radical (unpaired) electrons. The van der Waals surface area contributed by atoms with E-state index in [1.807, 2.05) is 0 Å². The van der Waals surface area contributed by atoms with Gasteiger partial charge in [0.2, 0.25) is 0 Å². The Morgan fingerprint density at radius 2 is 2.06 bits per heavy atom. The first-order chi connectivity index (χ1) is 7.63. The fourth-order valence-corrected chi connectivity index (χ4v) is 1.63. The highest BCUT2D eigenvalue weighted by atomic mass is 16.6. The van der Waals surface area contributed by atoms with Crippen molar-refractivity contribution >= 4 is 16.5 Å².